The molecular weight excluding hydrogens is 398 g/mol. The highest BCUT2D eigenvalue weighted by Crippen LogP contribution is 2.28. The van der Waals surface area contributed by atoms with E-state index >= 15 is 0 Å². The number of hydrogen-bond donors (Lipinski definition) is 1. The number of nitrogens with zero attached hydrogens (tertiary/aromatic N) is 2. The van der Waals surface area contributed by atoms with Crippen LogP contribution in [-0.4, -0.2) is 40.8 Å². The van der Waals surface area contributed by atoms with Crippen molar-refractivity contribution in [1.82, 2.24) is 4.90 Å². The van der Waals surface area contributed by atoms with Crippen LogP contribution in [0.4, 0.5) is 11.4 Å². The van der Waals surface area contributed by atoms with Crippen LogP contribution in [0.25, 0.3) is 0 Å². The van der Waals surface area contributed by atoms with Crippen molar-refractivity contribution >= 4 is 23.2 Å². The van der Waals surface area contributed by atoms with E-state index < -0.39 is 16.9 Å². The number of anilines is 1. The molecule has 0 bridgehead atoms. The van der Waals surface area contributed by atoms with Gasteiger partial charge in [-0.15, -0.1) is 0 Å². The Kier molecular flexibility index (Phi) is 7.23. The Balaban J connectivity index is 1.72. The second-order valence-electron chi connectivity index (χ2n) is 7.73. The second-order valence-corrected chi connectivity index (χ2v) is 7.73. The molecule has 2 aromatic carbocycles. The van der Waals surface area contributed by atoms with Gasteiger partial charge in [-0.25, -0.2) is 0 Å². The summed E-state index contributed by atoms with van der Waals surface area (Å²) in [5.74, 6) is -0.634. The average molecular weight is 425 g/mol. The van der Waals surface area contributed by atoms with E-state index in [4.69, 9.17) is 4.74 Å². The summed E-state index contributed by atoms with van der Waals surface area (Å²) >= 11 is 0. The van der Waals surface area contributed by atoms with Crippen molar-refractivity contribution in [3.63, 3.8) is 0 Å². The number of hydrogen-bond acceptors (Lipinski definition) is 5. The number of rotatable bonds is 7. The van der Waals surface area contributed by atoms with Crippen LogP contribution in [0, 0.1) is 10.1 Å². The lowest BCUT2D eigenvalue weighted by Crippen LogP contribution is -2.39. The third-order valence-corrected chi connectivity index (χ3v) is 5.59. The van der Waals surface area contributed by atoms with E-state index in [0.717, 1.165) is 25.7 Å². The molecule has 0 radical (unpaired) electrons. The number of nitro groups is 1. The number of carbonyl (C=O) groups is 2. The fourth-order valence-electron chi connectivity index (χ4n) is 3.79. The van der Waals surface area contributed by atoms with Crippen molar-refractivity contribution in [2.45, 2.75) is 51.2 Å². The van der Waals surface area contributed by atoms with Gasteiger partial charge in [-0.1, -0.05) is 43.5 Å². The van der Waals surface area contributed by atoms with Crippen LogP contribution in [0.1, 0.15) is 49.4 Å². The van der Waals surface area contributed by atoms with Crippen LogP contribution < -0.4 is 10.1 Å². The van der Waals surface area contributed by atoms with Gasteiger partial charge in [0.15, 0.2) is 11.9 Å². The summed E-state index contributed by atoms with van der Waals surface area (Å²) in [4.78, 5) is 38.2. The van der Waals surface area contributed by atoms with E-state index in [1.807, 2.05) is 0 Å². The monoisotopic (exact) mass is 425 g/mol. The molecule has 0 unspecified atom stereocenters. The number of ether oxygens (including phenoxy) is 1. The molecule has 3 rings (SSSR count). The fraction of sp³-hybridized carbons (Fsp3) is 0.391. The summed E-state index contributed by atoms with van der Waals surface area (Å²) in [6, 6.07) is 12.9. The molecule has 1 fully saturated rings. The summed E-state index contributed by atoms with van der Waals surface area (Å²) < 4.78 is 5.53. The zero-order valence-corrected chi connectivity index (χ0v) is 17.7. The SMILES string of the molecule is C[C@@H](Oc1ccccc1[N+](=O)[O-])C(=O)Nc1ccccc1C(=O)N(C)C1CCCCC1. The van der Waals surface area contributed by atoms with Gasteiger partial charge in [0.1, 0.15) is 0 Å². The number of benzene rings is 2. The summed E-state index contributed by atoms with van der Waals surface area (Å²) in [7, 11) is 1.80. The quantitative estimate of drug-likeness (QED) is 0.523. The van der Waals surface area contributed by atoms with Gasteiger partial charge >= 0.3 is 5.69 Å². The predicted octanol–water partition coefficient (Wildman–Crippen LogP) is 4.41. The van der Waals surface area contributed by atoms with Crippen molar-refractivity contribution < 1.29 is 19.2 Å². The van der Waals surface area contributed by atoms with Gasteiger partial charge in [-0.2, -0.15) is 0 Å². The molecule has 31 heavy (non-hydrogen) atoms. The van der Waals surface area contributed by atoms with Crippen molar-refractivity contribution in [2.75, 3.05) is 12.4 Å². The number of para-hydroxylation sites is 3. The van der Waals surface area contributed by atoms with Gasteiger partial charge in [0, 0.05) is 19.2 Å². The molecule has 0 aliphatic heterocycles. The summed E-state index contributed by atoms with van der Waals surface area (Å²) in [5.41, 5.74) is 0.576. The van der Waals surface area contributed by atoms with Gasteiger partial charge in [-0.05, 0) is 38.0 Å². The van der Waals surface area contributed by atoms with Gasteiger partial charge < -0.3 is 15.0 Å². The molecule has 0 saturated heterocycles. The summed E-state index contributed by atoms with van der Waals surface area (Å²) in [5, 5.41) is 13.9. The van der Waals surface area contributed by atoms with Crippen molar-refractivity contribution in [3.05, 3.63) is 64.2 Å². The standard InChI is InChI=1S/C23H27N3O5/c1-16(31-21-15-9-8-14-20(21)26(29)30)22(27)24-19-13-7-6-12-18(19)23(28)25(2)17-10-4-3-5-11-17/h6-9,12-17H,3-5,10-11H2,1-2H3,(H,24,27)/t16-/m1/s1. The largest absolute Gasteiger partial charge is 0.474 e. The first-order chi connectivity index (χ1) is 14.9. The third-order valence-electron chi connectivity index (χ3n) is 5.59. The maximum absolute atomic E-state index is 13.1. The second kappa shape index (κ2) is 10.1. The maximum Gasteiger partial charge on any atom is 0.310 e. The zero-order valence-electron chi connectivity index (χ0n) is 17.7. The van der Waals surface area contributed by atoms with Crippen LogP contribution in [0.15, 0.2) is 48.5 Å². The van der Waals surface area contributed by atoms with E-state index in [-0.39, 0.29) is 23.4 Å². The summed E-state index contributed by atoms with van der Waals surface area (Å²) in [6.07, 6.45) is 4.39. The molecule has 1 atom stereocenters. The van der Waals surface area contributed by atoms with Crippen LogP contribution in [0.5, 0.6) is 5.75 Å². The molecule has 1 aliphatic carbocycles. The third kappa shape index (κ3) is 5.39. The smallest absolute Gasteiger partial charge is 0.310 e. The molecule has 8 nitrogen and oxygen atoms in total. The Morgan fingerprint density at radius 2 is 1.74 bits per heavy atom. The molecule has 0 spiro atoms. The molecular formula is C23H27N3O5. The number of nitro benzene ring substituents is 1. The van der Waals surface area contributed by atoms with Gasteiger partial charge in [0.2, 0.25) is 0 Å². The molecule has 0 heterocycles. The Labute approximate surface area is 181 Å². The molecule has 1 aliphatic rings. The van der Waals surface area contributed by atoms with Crippen molar-refractivity contribution in [2.24, 2.45) is 0 Å². The molecule has 2 amide bonds. The molecule has 0 aromatic heterocycles. The highest BCUT2D eigenvalue weighted by molar-refractivity contribution is 6.04. The predicted molar refractivity (Wildman–Crippen MR) is 117 cm³/mol. The Bertz CT molecular complexity index is 956. The van der Waals surface area contributed by atoms with Crippen molar-refractivity contribution in [3.8, 4) is 5.75 Å². The molecule has 164 valence electrons. The fourth-order valence-corrected chi connectivity index (χ4v) is 3.79. The van der Waals surface area contributed by atoms with Gasteiger partial charge in [0.25, 0.3) is 11.8 Å². The Morgan fingerprint density at radius 1 is 1.10 bits per heavy atom. The lowest BCUT2D eigenvalue weighted by atomic mass is 9.94. The van der Waals surface area contributed by atoms with Crippen LogP contribution in [-0.2, 0) is 4.79 Å². The van der Waals surface area contributed by atoms with Crippen LogP contribution in [0.2, 0.25) is 0 Å². The minimum absolute atomic E-state index is 0.0107. The van der Waals surface area contributed by atoms with E-state index in [2.05, 4.69) is 5.32 Å². The minimum Gasteiger partial charge on any atom is -0.474 e. The van der Waals surface area contributed by atoms with Crippen LogP contribution >= 0.6 is 0 Å². The molecule has 8 heteroatoms. The average Bonchev–Trinajstić information content (AvgIpc) is 2.79. The zero-order chi connectivity index (χ0) is 22.4. The van der Waals surface area contributed by atoms with E-state index in [0.29, 0.717) is 11.3 Å². The van der Waals surface area contributed by atoms with Crippen molar-refractivity contribution in [1.29, 1.82) is 0 Å². The first kappa shape index (κ1) is 22.3. The normalized spacial score (nSPS) is 15.0. The lowest BCUT2D eigenvalue weighted by Gasteiger charge is -2.31. The van der Waals surface area contributed by atoms with Gasteiger partial charge in [0.05, 0.1) is 16.2 Å². The first-order valence-electron chi connectivity index (χ1n) is 10.5. The highest BCUT2D eigenvalue weighted by Gasteiger charge is 2.26. The minimum atomic E-state index is -1.000. The van der Waals surface area contributed by atoms with Crippen LogP contribution in [0.3, 0.4) is 0 Å². The van der Waals surface area contributed by atoms with Gasteiger partial charge in [-0.3, -0.25) is 19.7 Å². The van der Waals surface area contributed by atoms with E-state index in [1.165, 1.54) is 31.5 Å². The Morgan fingerprint density at radius 3 is 2.45 bits per heavy atom. The Hall–Kier alpha value is -3.42. The molecule has 1 saturated carbocycles. The first-order valence-corrected chi connectivity index (χ1v) is 10.5. The highest BCUT2D eigenvalue weighted by atomic mass is 16.6. The lowest BCUT2D eigenvalue weighted by molar-refractivity contribution is -0.386. The summed E-state index contributed by atoms with van der Waals surface area (Å²) in [6.45, 7) is 1.50. The number of carbonyl (C=O) groups excluding carboxylic acids is 2. The number of amides is 2. The van der Waals surface area contributed by atoms with E-state index in [1.54, 1.807) is 42.3 Å². The van der Waals surface area contributed by atoms with E-state index in [9.17, 15) is 19.7 Å². The topological polar surface area (TPSA) is 102 Å². The number of nitrogens with one attached hydrogen (secondary N) is 1. The maximum atomic E-state index is 13.1. The molecule has 2 aromatic rings. The molecule has 1 N–H and O–H groups in total.